The Kier molecular flexibility index (Phi) is 6.79. The number of hydrogen-bond acceptors (Lipinski definition) is 7. The number of amides is 2. The molecule has 3 aromatic rings. The van der Waals surface area contributed by atoms with Crippen molar-refractivity contribution in [1.29, 1.82) is 0 Å². The summed E-state index contributed by atoms with van der Waals surface area (Å²) in [5, 5.41) is 17.5. The van der Waals surface area contributed by atoms with E-state index >= 15 is 0 Å². The van der Waals surface area contributed by atoms with E-state index in [4.69, 9.17) is 4.52 Å². The lowest BCUT2D eigenvalue weighted by Gasteiger charge is -2.07. The van der Waals surface area contributed by atoms with Gasteiger partial charge in [-0.15, -0.1) is 0 Å². The number of aryl methyl sites for hydroxylation is 1. The van der Waals surface area contributed by atoms with E-state index in [1.807, 2.05) is 13.8 Å². The van der Waals surface area contributed by atoms with Gasteiger partial charge in [0.15, 0.2) is 5.82 Å². The predicted octanol–water partition coefficient (Wildman–Crippen LogP) is 1.20. The number of carbonyl (C=O) groups excluding carboxylic acids is 2. The van der Waals surface area contributed by atoms with E-state index in [0.29, 0.717) is 5.82 Å². The maximum absolute atomic E-state index is 12.1. The van der Waals surface area contributed by atoms with Crippen LogP contribution < -0.4 is 10.6 Å². The third kappa shape index (κ3) is 5.50. The largest absolute Gasteiger partial charge is 0.353 e. The average Bonchev–Trinajstić information content (AvgIpc) is 3.37. The Morgan fingerprint density at radius 1 is 1.21 bits per heavy atom. The number of nitrogens with zero attached hydrogens (tertiary/aromatic N) is 6. The molecule has 0 radical (unpaired) electrons. The molecule has 29 heavy (non-hydrogen) atoms. The number of hydrogen-bond donors (Lipinski definition) is 2. The molecule has 0 aromatic carbocycles. The SMILES string of the molecule is Cc1nn(CC(=O)NCCNC(=O)c2nc(Cn3cc(Br)cn3)no2)c(C)c1Br. The Balaban J connectivity index is 1.40. The molecular weight excluding hydrogens is 512 g/mol. The lowest BCUT2D eigenvalue weighted by molar-refractivity contribution is -0.121. The lowest BCUT2D eigenvalue weighted by atomic mass is 10.4. The van der Waals surface area contributed by atoms with Crippen molar-refractivity contribution in [2.75, 3.05) is 13.1 Å². The lowest BCUT2D eigenvalue weighted by Crippen LogP contribution is -2.36. The molecule has 3 rings (SSSR count). The molecule has 0 saturated carbocycles. The number of nitrogens with one attached hydrogen (secondary N) is 2. The highest BCUT2D eigenvalue weighted by Gasteiger charge is 2.16. The Morgan fingerprint density at radius 3 is 2.62 bits per heavy atom. The normalized spacial score (nSPS) is 10.9. The van der Waals surface area contributed by atoms with E-state index in [1.165, 1.54) is 0 Å². The van der Waals surface area contributed by atoms with Gasteiger partial charge < -0.3 is 15.2 Å². The minimum absolute atomic E-state index is 0.1000. The van der Waals surface area contributed by atoms with Gasteiger partial charge in [0.1, 0.15) is 13.1 Å². The summed E-state index contributed by atoms with van der Waals surface area (Å²) in [5.74, 6) is -0.537. The molecule has 2 amide bonds. The van der Waals surface area contributed by atoms with Gasteiger partial charge in [-0.3, -0.25) is 19.0 Å². The van der Waals surface area contributed by atoms with Crippen molar-refractivity contribution in [2.45, 2.75) is 26.9 Å². The zero-order valence-electron chi connectivity index (χ0n) is 15.6. The van der Waals surface area contributed by atoms with E-state index < -0.39 is 5.91 Å². The molecule has 0 spiro atoms. The Morgan fingerprint density at radius 2 is 1.97 bits per heavy atom. The van der Waals surface area contributed by atoms with Crippen LogP contribution >= 0.6 is 31.9 Å². The van der Waals surface area contributed by atoms with Crippen LogP contribution in [0.15, 0.2) is 25.9 Å². The minimum Gasteiger partial charge on any atom is -0.353 e. The standard InChI is InChI=1S/C16H18Br2N8O3/c1-9-14(18)10(2)26(23-9)8-13(27)19-3-4-20-15(28)16-22-12(24-29-16)7-25-6-11(17)5-21-25/h5-6H,3-4,7-8H2,1-2H3,(H,19,27)(H,20,28). The number of rotatable bonds is 8. The van der Waals surface area contributed by atoms with E-state index in [2.05, 4.69) is 62.8 Å². The summed E-state index contributed by atoms with van der Waals surface area (Å²) in [6, 6.07) is 0. The van der Waals surface area contributed by atoms with E-state index in [0.717, 1.165) is 20.3 Å². The number of halogens is 2. The number of carbonyl (C=O) groups is 2. The molecule has 0 bridgehead atoms. The maximum atomic E-state index is 12.1. The fraction of sp³-hybridized carbons (Fsp3) is 0.375. The van der Waals surface area contributed by atoms with Gasteiger partial charge in [-0.2, -0.15) is 15.2 Å². The molecule has 0 atom stereocenters. The Bertz CT molecular complexity index is 1030. The van der Waals surface area contributed by atoms with Crippen LogP contribution in [0.2, 0.25) is 0 Å². The highest BCUT2D eigenvalue weighted by Crippen LogP contribution is 2.19. The van der Waals surface area contributed by atoms with Gasteiger partial charge in [-0.05, 0) is 45.7 Å². The molecule has 154 valence electrons. The van der Waals surface area contributed by atoms with E-state index in [-0.39, 0.29) is 38.0 Å². The molecular formula is C16H18Br2N8O3. The highest BCUT2D eigenvalue weighted by atomic mass is 79.9. The first-order valence-electron chi connectivity index (χ1n) is 8.58. The molecule has 0 aliphatic rings. The third-order valence-corrected chi connectivity index (χ3v) is 5.44. The van der Waals surface area contributed by atoms with Crippen molar-refractivity contribution in [1.82, 2.24) is 40.3 Å². The summed E-state index contributed by atoms with van der Waals surface area (Å²) in [4.78, 5) is 28.1. The molecule has 0 saturated heterocycles. The van der Waals surface area contributed by atoms with Crippen LogP contribution in [-0.2, 0) is 17.9 Å². The smallest absolute Gasteiger partial charge is 0.316 e. The van der Waals surface area contributed by atoms with Gasteiger partial charge in [0.2, 0.25) is 5.91 Å². The molecule has 0 aliphatic heterocycles. The second kappa shape index (κ2) is 9.31. The van der Waals surface area contributed by atoms with Gasteiger partial charge in [-0.1, -0.05) is 5.16 Å². The first-order chi connectivity index (χ1) is 13.8. The van der Waals surface area contributed by atoms with Crippen molar-refractivity contribution in [2.24, 2.45) is 0 Å². The van der Waals surface area contributed by atoms with Crippen LogP contribution in [0.4, 0.5) is 0 Å². The summed E-state index contributed by atoms with van der Waals surface area (Å²) >= 11 is 6.72. The minimum atomic E-state index is -0.512. The van der Waals surface area contributed by atoms with Crippen molar-refractivity contribution < 1.29 is 14.1 Å². The summed E-state index contributed by atoms with van der Waals surface area (Å²) < 4.78 is 9.89. The summed E-state index contributed by atoms with van der Waals surface area (Å²) in [5.41, 5.74) is 1.70. The van der Waals surface area contributed by atoms with Gasteiger partial charge in [0, 0.05) is 19.3 Å². The van der Waals surface area contributed by atoms with Crippen molar-refractivity contribution in [3.8, 4) is 0 Å². The van der Waals surface area contributed by atoms with Crippen LogP contribution in [0.5, 0.6) is 0 Å². The Labute approximate surface area is 182 Å². The second-order valence-electron chi connectivity index (χ2n) is 6.12. The topological polar surface area (TPSA) is 133 Å². The molecule has 0 fully saturated rings. The average molecular weight is 530 g/mol. The van der Waals surface area contributed by atoms with Crippen LogP contribution in [0.1, 0.15) is 27.9 Å². The highest BCUT2D eigenvalue weighted by molar-refractivity contribution is 9.10. The molecule has 11 nitrogen and oxygen atoms in total. The molecule has 2 N–H and O–H groups in total. The predicted molar refractivity (Wildman–Crippen MR) is 108 cm³/mol. The molecule has 0 aliphatic carbocycles. The van der Waals surface area contributed by atoms with Crippen LogP contribution in [-0.4, -0.2) is 54.6 Å². The molecule has 3 aromatic heterocycles. The fourth-order valence-electron chi connectivity index (χ4n) is 2.45. The van der Waals surface area contributed by atoms with Gasteiger partial charge >= 0.3 is 11.8 Å². The van der Waals surface area contributed by atoms with Crippen molar-refractivity contribution >= 4 is 43.7 Å². The Hall–Kier alpha value is -2.54. The molecule has 3 heterocycles. The first-order valence-corrected chi connectivity index (χ1v) is 10.2. The fourth-order valence-corrected chi connectivity index (χ4v) is 3.07. The number of aromatic nitrogens is 6. The second-order valence-corrected chi connectivity index (χ2v) is 7.83. The van der Waals surface area contributed by atoms with E-state index in [9.17, 15) is 9.59 Å². The van der Waals surface area contributed by atoms with Gasteiger partial charge in [0.05, 0.1) is 26.5 Å². The van der Waals surface area contributed by atoms with Crippen LogP contribution in [0.3, 0.4) is 0 Å². The monoisotopic (exact) mass is 528 g/mol. The third-order valence-electron chi connectivity index (χ3n) is 3.89. The quantitative estimate of drug-likeness (QED) is 0.419. The summed E-state index contributed by atoms with van der Waals surface area (Å²) in [7, 11) is 0. The van der Waals surface area contributed by atoms with Gasteiger partial charge in [0.25, 0.3) is 0 Å². The first kappa shape index (κ1) is 21.2. The maximum Gasteiger partial charge on any atom is 0.316 e. The molecule has 13 heteroatoms. The van der Waals surface area contributed by atoms with Crippen LogP contribution in [0, 0.1) is 13.8 Å². The van der Waals surface area contributed by atoms with E-state index in [1.54, 1.807) is 21.8 Å². The molecule has 0 unspecified atom stereocenters. The summed E-state index contributed by atoms with van der Waals surface area (Å²) in [6.45, 7) is 4.59. The van der Waals surface area contributed by atoms with Crippen molar-refractivity contribution in [3.63, 3.8) is 0 Å². The zero-order valence-corrected chi connectivity index (χ0v) is 18.8. The van der Waals surface area contributed by atoms with Crippen molar-refractivity contribution in [3.05, 3.63) is 44.4 Å². The zero-order chi connectivity index (χ0) is 21.0. The van der Waals surface area contributed by atoms with Crippen LogP contribution in [0.25, 0.3) is 0 Å². The van der Waals surface area contributed by atoms with Gasteiger partial charge in [-0.25, -0.2) is 0 Å². The summed E-state index contributed by atoms with van der Waals surface area (Å²) in [6.07, 6.45) is 3.39.